The summed E-state index contributed by atoms with van der Waals surface area (Å²) in [6.07, 6.45) is 0. The standard InChI is InChI=1S/C15H13NO4/c1-8-3-4-9-7-20-12-6-10(17)5-11(15(18)19-2)13(12)14(9)16-8/h3-6,17H,7H2,1-2H3. The number of ether oxygens (including phenoxy) is 2. The number of rotatable bonds is 1. The Hall–Kier alpha value is -2.56. The smallest absolute Gasteiger partial charge is 0.338 e. The topological polar surface area (TPSA) is 68.7 Å². The Morgan fingerprint density at radius 2 is 2.20 bits per heavy atom. The lowest BCUT2D eigenvalue weighted by molar-refractivity contribution is 0.0600. The number of aromatic hydroxyl groups is 1. The molecule has 1 aliphatic rings. The van der Waals surface area contributed by atoms with Gasteiger partial charge in [0.25, 0.3) is 0 Å². The number of nitrogens with zero attached hydrogens (tertiary/aromatic N) is 1. The van der Waals surface area contributed by atoms with Crippen LogP contribution >= 0.6 is 0 Å². The van der Waals surface area contributed by atoms with Crippen LogP contribution in [-0.4, -0.2) is 23.2 Å². The average molecular weight is 271 g/mol. The Kier molecular flexibility index (Phi) is 2.82. The summed E-state index contributed by atoms with van der Waals surface area (Å²) in [4.78, 5) is 16.4. The van der Waals surface area contributed by atoms with E-state index in [0.29, 0.717) is 23.6 Å². The Morgan fingerprint density at radius 3 is 2.95 bits per heavy atom. The van der Waals surface area contributed by atoms with Crippen molar-refractivity contribution in [2.45, 2.75) is 13.5 Å². The molecule has 0 saturated carbocycles. The van der Waals surface area contributed by atoms with Crippen molar-refractivity contribution in [1.82, 2.24) is 4.98 Å². The quantitative estimate of drug-likeness (QED) is 0.807. The minimum Gasteiger partial charge on any atom is -0.508 e. The number of esters is 1. The van der Waals surface area contributed by atoms with Gasteiger partial charge in [-0.2, -0.15) is 0 Å². The van der Waals surface area contributed by atoms with Crippen LogP contribution in [0.25, 0.3) is 11.3 Å². The van der Waals surface area contributed by atoms with Crippen molar-refractivity contribution in [2.24, 2.45) is 0 Å². The maximum Gasteiger partial charge on any atom is 0.338 e. The van der Waals surface area contributed by atoms with Crippen LogP contribution in [0, 0.1) is 6.92 Å². The summed E-state index contributed by atoms with van der Waals surface area (Å²) in [6, 6.07) is 6.67. The van der Waals surface area contributed by atoms with Crippen LogP contribution < -0.4 is 4.74 Å². The van der Waals surface area contributed by atoms with Crippen molar-refractivity contribution >= 4 is 5.97 Å². The SMILES string of the molecule is COC(=O)c1cc(O)cc2c1-c1nc(C)ccc1CO2. The fourth-order valence-corrected chi connectivity index (χ4v) is 2.30. The number of benzene rings is 1. The fraction of sp³-hybridized carbons (Fsp3) is 0.200. The Labute approximate surface area is 115 Å². The number of hydrogen-bond donors (Lipinski definition) is 1. The summed E-state index contributed by atoms with van der Waals surface area (Å²) in [6.45, 7) is 2.24. The molecule has 0 spiro atoms. The molecule has 0 atom stereocenters. The first-order valence-corrected chi connectivity index (χ1v) is 6.15. The summed E-state index contributed by atoms with van der Waals surface area (Å²) < 4.78 is 10.4. The number of carbonyl (C=O) groups is 1. The maximum atomic E-state index is 11.9. The van der Waals surface area contributed by atoms with Gasteiger partial charge in [-0.3, -0.25) is 4.98 Å². The first kappa shape index (κ1) is 12.5. The minimum absolute atomic E-state index is 0.0414. The number of pyridine rings is 1. The molecule has 3 rings (SSSR count). The van der Waals surface area contributed by atoms with Crippen molar-refractivity contribution in [3.8, 4) is 22.8 Å². The van der Waals surface area contributed by atoms with E-state index in [0.717, 1.165) is 11.3 Å². The predicted molar refractivity (Wildman–Crippen MR) is 71.7 cm³/mol. The molecule has 0 saturated heterocycles. The van der Waals surface area contributed by atoms with Crippen LogP contribution in [0.3, 0.4) is 0 Å². The normalized spacial score (nSPS) is 12.1. The van der Waals surface area contributed by atoms with Crippen LogP contribution in [0.1, 0.15) is 21.6 Å². The lowest BCUT2D eigenvalue weighted by atomic mass is 9.96. The van der Waals surface area contributed by atoms with E-state index in [2.05, 4.69) is 4.98 Å². The summed E-state index contributed by atoms with van der Waals surface area (Å²) in [5.74, 6) is -0.131. The van der Waals surface area contributed by atoms with E-state index in [1.54, 1.807) is 0 Å². The van der Waals surface area contributed by atoms with Crippen LogP contribution in [0.2, 0.25) is 0 Å². The number of hydrogen-bond acceptors (Lipinski definition) is 5. The van der Waals surface area contributed by atoms with Gasteiger partial charge in [0.1, 0.15) is 18.1 Å². The number of phenolic OH excluding ortho intramolecular Hbond substituents is 1. The highest BCUT2D eigenvalue weighted by atomic mass is 16.5. The molecule has 0 fully saturated rings. The van der Waals surface area contributed by atoms with Crippen LogP contribution in [0.5, 0.6) is 11.5 Å². The third kappa shape index (κ3) is 1.87. The van der Waals surface area contributed by atoms with E-state index in [9.17, 15) is 9.90 Å². The summed E-state index contributed by atoms with van der Waals surface area (Å²) in [5.41, 5.74) is 3.27. The molecule has 1 aromatic heterocycles. The second kappa shape index (κ2) is 4.52. The average Bonchev–Trinajstić information content (AvgIpc) is 2.44. The van der Waals surface area contributed by atoms with Crippen molar-refractivity contribution in [2.75, 3.05) is 7.11 Å². The second-order valence-corrected chi connectivity index (χ2v) is 4.61. The molecule has 20 heavy (non-hydrogen) atoms. The van der Waals surface area contributed by atoms with E-state index in [1.165, 1.54) is 19.2 Å². The van der Waals surface area contributed by atoms with Crippen molar-refractivity contribution in [3.63, 3.8) is 0 Å². The zero-order chi connectivity index (χ0) is 14.3. The van der Waals surface area contributed by atoms with Crippen LogP contribution in [0.15, 0.2) is 24.3 Å². The van der Waals surface area contributed by atoms with Crippen molar-refractivity contribution in [1.29, 1.82) is 0 Å². The lowest BCUT2D eigenvalue weighted by Crippen LogP contribution is -2.12. The zero-order valence-electron chi connectivity index (χ0n) is 11.1. The van der Waals surface area contributed by atoms with Gasteiger partial charge in [-0.25, -0.2) is 4.79 Å². The van der Waals surface area contributed by atoms with Crippen molar-refractivity contribution < 1.29 is 19.4 Å². The first-order valence-electron chi connectivity index (χ1n) is 6.15. The molecule has 102 valence electrons. The van der Waals surface area contributed by atoms with Crippen molar-refractivity contribution in [3.05, 3.63) is 41.1 Å². The van der Waals surface area contributed by atoms with Gasteiger partial charge in [0.15, 0.2) is 0 Å². The summed E-state index contributed by atoms with van der Waals surface area (Å²) >= 11 is 0. The third-order valence-corrected chi connectivity index (χ3v) is 3.23. The molecular formula is C15H13NO4. The first-order chi connectivity index (χ1) is 9.60. The maximum absolute atomic E-state index is 11.9. The van der Waals surface area contributed by atoms with Gasteiger partial charge in [-0.1, -0.05) is 6.07 Å². The van der Waals surface area contributed by atoms with E-state index in [1.807, 2.05) is 19.1 Å². The van der Waals surface area contributed by atoms with Crippen LogP contribution in [0.4, 0.5) is 0 Å². The lowest BCUT2D eigenvalue weighted by Gasteiger charge is -2.22. The monoisotopic (exact) mass is 271 g/mol. The highest BCUT2D eigenvalue weighted by Gasteiger charge is 2.26. The minimum atomic E-state index is -0.531. The zero-order valence-corrected chi connectivity index (χ0v) is 11.1. The van der Waals surface area contributed by atoms with Gasteiger partial charge < -0.3 is 14.6 Å². The molecule has 1 aliphatic heterocycles. The van der Waals surface area contributed by atoms with Crippen LogP contribution in [-0.2, 0) is 11.3 Å². The highest BCUT2D eigenvalue weighted by molar-refractivity contribution is 5.99. The van der Waals surface area contributed by atoms with E-state index >= 15 is 0 Å². The number of phenols is 1. The number of fused-ring (bicyclic) bond motifs is 3. The van der Waals surface area contributed by atoms with Gasteiger partial charge >= 0.3 is 5.97 Å². The number of aromatic nitrogens is 1. The molecule has 0 aliphatic carbocycles. The molecule has 0 bridgehead atoms. The molecule has 1 N–H and O–H groups in total. The molecule has 2 heterocycles. The Bertz CT molecular complexity index is 709. The van der Waals surface area contributed by atoms with E-state index < -0.39 is 5.97 Å². The molecule has 0 unspecified atom stereocenters. The molecular weight excluding hydrogens is 258 g/mol. The second-order valence-electron chi connectivity index (χ2n) is 4.61. The fourth-order valence-electron chi connectivity index (χ4n) is 2.30. The van der Waals surface area contributed by atoms with Gasteiger partial charge in [0.2, 0.25) is 0 Å². The number of methoxy groups -OCH3 is 1. The summed E-state index contributed by atoms with van der Waals surface area (Å²) in [7, 11) is 1.30. The van der Waals surface area contributed by atoms with Gasteiger partial charge in [0.05, 0.1) is 23.9 Å². The Balaban J connectivity index is 2.32. The van der Waals surface area contributed by atoms with Gasteiger partial charge in [-0.05, 0) is 19.1 Å². The van der Waals surface area contributed by atoms with E-state index in [-0.39, 0.29) is 11.3 Å². The molecule has 0 radical (unpaired) electrons. The third-order valence-electron chi connectivity index (χ3n) is 3.23. The summed E-state index contributed by atoms with van der Waals surface area (Å²) in [5, 5.41) is 9.71. The van der Waals surface area contributed by atoms with E-state index in [4.69, 9.17) is 9.47 Å². The molecule has 2 aromatic rings. The molecule has 5 heteroatoms. The highest BCUT2D eigenvalue weighted by Crippen LogP contribution is 2.41. The van der Waals surface area contributed by atoms with Gasteiger partial charge in [-0.15, -0.1) is 0 Å². The predicted octanol–water partition coefficient (Wildman–Crippen LogP) is 2.44. The number of aryl methyl sites for hydroxylation is 1. The largest absolute Gasteiger partial charge is 0.508 e. The molecule has 1 aromatic carbocycles. The number of carbonyl (C=O) groups excluding carboxylic acids is 1. The Morgan fingerprint density at radius 1 is 1.40 bits per heavy atom. The van der Waals surface area contributed by atoms with Gasteiger partial charge in [0, 0.05) is 17.3 Å². The molecule has 5 nitrogen and oxygen atoms in total. The molecule has 0 amide bonds.